The molecule has 5 N–H and O–H groups in total. The van der Waals surface area contributed by atoms with E-state index in [1.165, 1.54) is 0 Å². The van der Waals surface area contributed by atoms with Gasteiger partial charge in [0.25, 0.3) is 5.92 Å². The van der Waals surface area contributed by atoms with Crippen LogP contribution in [0.15, 0.2) is 0 Å². The van der Waals surface area contributed by atoms with Gasteiger partial charge in [0.05, 0.1) is 6.42 Å². The van der Waals surface area contributed by atoms with Crippen LogP contribution in [0.4, 0.5) is 8.78 Å². The second-order valence-corrected chi connectivity index (χ2v) is 2.22. The fraction of sp³-hybridized carbons (Fsp3) is 0.600. The van der Waals surface area contributed by atoms with E-state index in [9.17, 15) is 18.4 Å². The standard InChI is InChI=1S/C5H8F2N2O3.ClH/c6-5(7,1-2(8)10)3(9)4(11)12;/h3H,1,9H2,(H2,8,10)(H,11,12);1H/t3-;/m1./s1. The molecule has 0 aliphatic carbocycles. The summed E-state index contributed by atoms with van der Waals surface area (Å²) < 4.78 is 25.0. The molecule has 13 heavy (non-hydrogen) atoms. The molecule has 0 aromatic carbocycles. The Hall–Kier alpha value is -0.950. The van der Waals surface area contributed by atoms with Gasteiger partial charge < -0.3 is 16.6 Å². The van der Waals surface area contributed by atoms with E-state index >= 15 is 0 Å². The minimum Gasteiger partial charge on any atom is -0.480 e. The topological polar surface area (TPSA) is 106 Å². The highest BCUT2D eigenvalue weighted by Gasteiger charge is 2.43. The van der Waals surface area contributed by atoms with Crippen molar-refractivity contribution < 1.29 is 23.5 Å². The molecule has 8 heteroatoms. The SMILES string of the molecule is Cl.NC(=O)CC(F)(F)[C@H](N)C(=O)O. The van der Waals surface area contributed by atoms with Gasteiger partial charge in [0.1, 0.15) is 0 Å². The van der Waals surface area contributed by atoms with Gasteiger partial charge in [0.2, 0.25) is 5.91 Å². The fourth-order valence-corrected chi connectivity index (χ4v) is 0.523. The first-order valence-corrected chi connectivity index (χ1v) is 2.92. The summed E-state index contributed by atoms with van der Waals surface area (Å²) in [5.41, 5.74) is 9.03. The zero-order valence-corrected chi connectivity index (χ0v) is 7.18. The number of aliphatic carboxylic acids is 1. The highest BCUT2D eigenvalue weighted by atomic mass is 35.5. The van der Waals surface area contributed by atoms with Gasteiger partial charge in [-0.3, -0.25) is 9.59 Å². The van der Waals surface area contributed by atoms with Crippen LogP contribution >= 0.6 is 12.4 Å². The van der Waals surface area contributed by atoms with E-state index < -0.39 is 30.3 Å². The Morgan fingerprint density at radius 3 is 2.08 bits per heavy atom. The van der Waals surface area contributed by atoms with Gasteiger partial charge in [-0.25, -0.2) is 8.78 Å². The van der Waals surface area contributed by atoms with E-state index in [4.69, 9.17) is 5.11 Å². The van der Waals surface area contributed by atoms with Crippen LogP contribution < -0.4 is 11.5 Å². The Morgan fingerprint density at radius 2 is 1.85 bits per heavy atom. The molecule has 1 atom stereocenters. The molecule has 0 aliphatic rings. The molecule has 0 rings (SSSR count). The lowest BCUT2D eigenvalue weighted by atomic mass is 10.1. The lowest BCUT2D eigenvalue weighted by molar-refractivity contribution is -0.150. The maximum absolute atomic E-state index is 12.5. The van der Waals surface area contributed by atoms with Gasteiger partial charge in [-0.2, -0.15) is 0 Å². The van der Waals surface area contributed by atoms with Crippen LogP contribution in [0, 0.1) is 0 Å². The summed E-state index contributed by atoms with van der Waals surface area (Å²) in [5, 5.41) is 8.07. The van der Waals surface area contributed by atoms with Crippen LogP contribution in [0.1, 0.15) is 6.42 Å². The number of amides is 1. The van der Waals surface area contributed by atoms with E-state index in [1.807, 2.05) is 0 Å². The quantitative estimate of drug-likeness (QED) is 0.582. The molecule has 0 heterocycles. The largest absolute Gasteiger partial charge is 0.480 e. The molecule has 0 spiro atoms. The van der Waals surface area contributed by atoms with E-state index in [2.05, 4.69) is 11.5 Å². The van der Waals surface area contributed by atoms with Crippen LogP contribution in [0.2, 0.25) is 0 Å². The maximum Gasteiger partial charge on any atom is 0.326 e. The molecule has 0 aliphatic heterocycles. The van der Waals surface area contributed by atoms with Crippen LogP contribution in [-0.4, -0.2) is 28.9 Å². The number of carbonyl (C=O) groups is 2. The Bertz CT molecular complexity index is 212. The number of carboxylic acids is 1. The first kappa shape index (κ1) is 14.6. The summed E-state index contributed by atoms with van der Waals surface area (Å²) in [6.45, 7) is 0. The number of rotatable bonds is 4. The Morgan fingerprint density at radius 1 is 1.46 bits per heavy atom. The number of alkyl halides is 2. The van der Waals surface area contributed by atoms with E-state index in [-0.39, 0.29) is 12.4 Å². The molecular formula is C5H9ClF2N2O3. The van der Waals surface area contributed by atoms with Crippen molar-refractivity contribution in [1.29, 1.82) is 0 Å². The number of hydrogen-bond donors (Lipinski definition) is 3. The van der Waals surface area contributed by atoms with Gasteiger partial charge >= 0.3 is 5.97 Å². The zero-order chi connectivity index (χ0) is 9.94. The third-order valence-corrected chi connectivity index (χ3v) is 1.13. The van der Waals surface area contributed by atoms with Crippen LogP contribution in [0.25, 0.3) is 0 Å². The smallest absolute Gasteiger partial charge is 0.326 e. The van der Waals surface area contributed by atoms with Gasteiger partial charge in [0.15, 0.2) is 6.04 Å². The van der Waals surface area contributed by atoms with Crippen molar-refractivity contribution in [2.45, 2.75) is 18.4 Å². The normalized spacial score (nSPS) is 12.8. The molecule has 0 fully saturated rings. The van der Waals surface area contributed by atoms with Crippen LogP contribution in [0.5, 0.6) is 0 Å². The number of carbonyl (C=O) groups excluding carboxylic acids is 1. The second-order valence-electron chi connectivity index (χ2n) is 2.22. The van der Waals surface area contributed by atoms with Crippen molar-refractivity contribution in [2.24, 2.45) is 11.5 Å². The van der Waals surface area contributed by atoms with Crippen molar-refractivity contribution in [3.05, 3.63) is 0 Å². The average molecular weight is 219 g/mol. The molecular weight excluding hydrogens is 210 g/mol. The van der Waals surface area contributed by atoms with Crippen molar-refractivity contribution in [3.8, 4) is 0 Å². The molecule has 0 aromatic heterocycles. The molecule has 5 nitrogen and oxygen atoms in total. The lowest BCUT2D eigenvalue weighted by Gasteiger charge is -2.17. The molecule has 1 amide bonds. The summed E-state index contributed by atoms with van der Waals surface area (Å²) in [5.74, 6) is -6.96. The summed E-state index contributed by atoms with van der Waals surface area (Å²) in [6.07, 6.45) is -1.36. The monoisotopic (exact) mass is 218 g/mol. The third-order valence-electron chi connectivity index (χ3n) is 1.13. The second kappa shape index (κ2) is 4.93. The number of nitrogens with two attached hydrogens (primary N) is 2. The highest BCUT2D eigenvalue weighted by Crippen LogP contribution is 2.21. The van der Waals surface area contributed by atoms with Crippen molar-refractivity contribution in [1.82, 2.24) is 0 Å². The van der Waals surface area contributed by atoms with Crippen LogP contribution in [-0.2, 0) is 9.59 Å². The summed E-state index contributed by atoms with van der Waals surface area (Å²) in [7, 11) is 0. The highest BCUT2D eigenvalue weighted by molar-refractivity contribution is 5.85. The maximum atomic E-state index is 12.5. The summed E-state index contributed by atoms with van der Waals surface area (Å²) >= 11 is 0. The lowest BCUT2D eigenvalue weighted by Crippen LogP contribution is -2.48. The Labute approximate surface area is 78.5 Å². The predicted octanol–water partition coefficient (Wildman–Crippen LogP) is -0.669. The number of halogens is 3. The van der Waals surface area contributed by atoms with E-state index in [1.54, 1.807) is 0 Å². The van der Waals surface area contributed by atoms with Crippen molar-refractivity contribution >= 4 is 24.3 Å². The van der Waals surface area contributed by atoms with Gasteiger partial charge in [-0.05, 0) is 0 Å². The molecule has 0 radical (unpaired) electrons. The Balaban J connectivity index is 0. The molecule has 0 unspecified atom stereocenters. The van der Waals surface area contributed by atoms with Crippen molar-refractivity contribution in [3.63, 3.8) is 0 Å². The molecule has 0 saturated heterocycles. The number of hydrogen-bond acceptors (Lipinski definition) is 3. The zero-order valence-electron chi connectivity index (χ0n) is 6.37. The minimum atomic E-state index is -3.79. The predicted molar refractivity (Wildman–Crippen MR) is 41.6 cm³/mol. The summed E-state index contributed by atoms with van der Waals surface area (Å²) in [6, 6.07) is -2.40. The first-order chi connectivity index (χ1) is 5.27. The molecule has 0 aromatic rings. The van der Waals surface area contributed by atoms with Gasteiger partial charge in [-0.1, -0.05) is 0 Å². The number of primary amides is 1. The van der Waals surface area contributed by atoms with Gasteiger partial charge in [0, 0.05) is 0 Å². The molecule has 0 bridgehead atoms. The third kappa shape index (κ3) is 4.58. The number of carboxylic acid groups (broad SMARTS) is 1. The minimum absolute atomic E-state index is 0. The average Bonchev–Trinajstić information content (AvgIpc) is 1.82. The van der Waals surface area contributed by atoms with Crippen molar-refractivity contribution in [2.75, 3.05) is 0 Å². The first-order valence-electron chi connectivity index (χ1n) is 2.92. The summed E-state index contributed by atoms with van der Waals surface area (Å²) in [4.78, 5) is 20.0. The Kier molecular flexibility index (Phi) is 5.52. The van der Waals surface area contributed by atoms with Gasteiger partial charge in [-0.15, -0.1) is 12.4 Å². The molecule has 78 valence electrons. The van der Waals surface area contributed by atoms with Crippen LogP contribution in [0.3, 0.4) is 0 Å². The van der Waals surface area contributed by atoms with E-state index in [0.29, 0.717) is 0 Å². The van der Waals surface area contributed by atoms with E-state index in [0.717, 1.165) is 0 Å². The molecule has 0 saturated carbocycles. The fourth-order valence-electron chi connectivity index (χ4n) is 0.523.